The van der Waals surface area contributed by atoms with Crippen LogP contribution in [0.25, 0.3) is 0 Å². The van der Waals surface area contributed by atoms with Crippen LogP contribution in [0.2, 0.25) is 0 Å². The topological polar surface area (TPSA) is 87.3 Å². The number of benzene rings is 2. The minimum Gasteiger partial charge on any atom is -0.351 e. The second-order valence-electron chi connectivity index (χ2n) is 8.32. The number of hydrogen-bond acceptors (Lipinski definition) is 5. The molecule has 0 radical (unpaired) electrons. The number of carbonyl (C=O) groups excluding carboxylic acids is 1. The number of hydrogen-bond donors (Lipinski definition) is 3. The number of sulfone groups is 1. The normalized spacial score (nSPS) is 23.2. The minimum absolute atomic E-state index is 0.124. The summed E-state index contributed by atoms with van der Waals surface area (Å²) < 4.78 is 77.4. The lowest BCUT2D eigenvalue weighted by Gasteiger charge is -2.25. The quantitative estimate of drug-likeness (QED) is 0.567. The van der Waals surface area contributed by atoms with E-state index in [-0.39, 0.29) is 23.4 Å². The number of halogens is 4. The number of piperidine rings is 1. The van der Waals surface area contributed by atoms with E-state index >= 15 is 0 Å². The minimum atomic E-state index is -4.92. The monoisotopic (exact) mass is 485 g/mol. The summed E-state index contributed by atoms with van der Waals surface area (Å²) in [6.07, 6.45) is -3.18. The fraction of sp³-hybridized carbons (Fsp3) is 0.409. The van der Waals surface area contributed by atoms with Crippen molar-refractivity contribution in [1.82, 2.24) is 16.0 Å². The Labute approximate surface area is 188 Å². The maximum Gasteiger partial charge on any atom is 0.419 e. The highest BCUT2D eigenvalue weighted by molar-refractivity contribution is 7.91. The van der Waals surface area contributed by atoms with Gasteiger partial charge in [0.15, 0.2) is 0 Å². The molecule has 0 saturated carbocycles. The Hall–Kier alpha value is -2.50. The first-order chi connectivity index (χ1) is 15.6. The molecular formula is C22H23F4N3O3S. The van der Waals surface area contributed by atoms with Gasteiger partial charge in [-0.15, -0.1) is 0 Å². The van der Waals surface area contributed by atoms with Crippen molar-refractivity contribution in [3.63, 3.8) is 0 Å². The van der Waals surface area contributed by atoms with Gasteiger partial charge in [-0.25, -0.2) is 12.8 Å². The molecule has 2 saturated heterocycles. The van der Waals surface area contributed by atoms with E-state index in [9.17, 15) is 30.8 Å². The zero-order chi connectivity index (χ0) is 23.8. The van der Waals surface area contributed by atoms with Crippen LogP contribution in [-0.4, -0.2) is 39.5 Å². The first-order valence-corrected chi connectivity index (χ1v) is 12.0. The van der Waals surface area contributed by atoms with Crippen molar-refractivity contribution in [2.24, 2.45) is 5.92 Å². The molecule has 2 aliphatic rings. The molecule has 3 N–H and O–H groups in total. The van der Waals surface area contributed by atoms with Gasteiger partial charge in [0.05, 0.1) is 21.4 Å². The summed E-state index contributed by atoms with van der Waals surface area (Å²) in [6.45, 7) is 2.01. The van der Waals surface area contributed by atoms with Crippen LogP contribution >= 0.6 is 0 Å². The van der Waals surface area contributed by atoms with Crippen LogP contribution in [0.5, 0.6) is 0 Å². The lowest BCUT2D eigenvalue weighted by molar-refractivity contribution is -0.140. The first kappa shape index (κ1) is 23.7. The molecule has 2 aliphatic heterocycles. The lowest BCUT2D eigenvalue weighted by Crippen LogP contribution is -2.45. The predicted molar refractivity (Wildman–Crippen MR) is 111 cm³/mol. The molecule has 0 bridgehead atoms. The van der Waals surface area contributed by atoms with E-state index in [0.717, 1.165) is 32.0 Å². The Balaban J connectivity index is 1.39. The maximum absolute atomic E-state index is 13.8. The predicted octanol–water partition coefficient (Wildman–Crippen LogP) is 2.63. The zero-order valence-electron chi connectivity index (χ0n) is 17.5. The van der Waals surface area contributed by atoms with Gasteiger partial charge in [-0.05, 0) is 67.7 Å². The molecule has 4 rings (SSSR count). The van der Waals surface area contributed by atoms with Gasteiger partial charge in [-0.1, -0.05) is 12.1 Å². The third kappa shape index (κ3) is 5.04. The molecule has 2 aromatic carbocycles. The van der Waals surface area contributed by atoms with Crippen LogP contribution in [0, 0.1) is 11.7 Å². The summed E-state index contributed by atoms with van der Waals surface area (Å²) in [6, 6.07) is 7.13. The highest BCUT2D eigenvalue weighted by Crippen LogP contribution is 2.33. The number of carbonyl (C=O) groups is 1. The third-order valence-electron chi connectivity index (χ3n) is 6.13. The molecule has 0 aliphatic carbocycles. The molecule has 1 amide bonds. The molecule has 33 heavy (non-hydrogen) atoms. The van der Waals surface area contributed by atoms with Crippen molar-refractivity contribution in [2.75, 3.05) is 13.1 Å². The highest BCUT2D eigenvalue weighted by Gasteiger charge is 2.38. The molecule has 11 heteroatoms. The highest BCUT2D eigenvalue weighted by atomic mass is 32.2. The molecular weight excluding hydrogens is 462 g/mol. The number of rotatable bonds is 5. The Morgan fingerprint density at radius 1 is 1.09 bits per heavy atom. The molecule has 2 heterocycles. The summed E-state index contributed by atoms with van der Waals surface area (Å²) in [5, 5.41) is 9.53. The summed E-state index contributed by atoms with van der Waals surface area (Å²) in [4.78, 5) is 11.7. The van der Waals surface area contributed by atoms with E-state index in [1.165, 1.54) is 24.3 Å². The van der Waals surface area contributed by atoms with Gasteiger partial charge in [-0.2, -0.15) is 13.2 Å². The molecule has 178 valence electrons. The molecule has 3 unspecified atom stereocenters. The largest absolute Gasteiger partial charge is 0.419 e. The van der Waals surface area contributed by atoms with Crippen molar-refractivity contribution in [3.8, 4) is 0 Å². The first-order valence-electron chi connectivity index (χ1n) is 10.5. The Bertz CT molecular complexity index is 1120. The lowest BCUT2D eigenvalue weighted by atomic mass is 9.94. The van der Waals surface area contributed by atoms with Crippen LogP contribution in [0.15, 0.2) is 52.3 Å². The van der Waals surface area contributed by atoms with Gasteiger partial charge >= 0.3 is 6.18 Å². The van der Waals surface area contributed by atoms with E-state index in [0.29, 0.717) is 29.7 Å². The van der Waals surface area contributed by atoms with Crippen LogP contribution in [0.1, 0.15) is 24.0 Å². The number of fused-ring (bicyclic) bond motifs is 1. The van der Waals surface area contributed by atoms with E-state index in [1.807, 2.05) is 0 Å². The van der Waals surface area contributed by atoms with E-state index in [1.54, 1.807) is 0 Å². The standard InChI is InChI=1S/C22H23F4N3O3S/c23-18-10-16(5-6-17(18)22(24,25)26)33(31,32)15-3-1-13(2-4-15)11-28-21(30)20-9-14-12-27-8-7-19(14)29-20/h1-6,10,14,19-20,27,29H,7-9,11-12H2,(H,28,30). The van der Waals surface area contributed by atoms with Crippen molar-refractivity contribution in [1.29, 1.82) is 0 Å². The van der Waals surface area contributed by atoms with Crippen LogP contribution in [0.3, 0.4) is 0 Å². The van der Waals surface area contributed by atoms with Gasteiger partial charge < -0.3 is 16.0 Å². The molecule has 6 nitrogen and oxygen atoms in total. The van der Waals surface area contributed by atoms with Gasteiger partial charge in [0, 0.05) is 12.6 Å². The van der Waals surface area contributed by atoms with Gasteiger partial charge in [-0.3, -0.25) is 4.79 Å². The number of nitrogens with one attached hydrogen (secondary N) is 3. The second kappa shape index (κ2) is 9.03. The number of amides is 1. The Kier molecular flexibility index (Phi) is 6.47. The maximum atomic E-state index is 13.8. The fourth-order valence-corrected chi connectivity index (χ4v) is 5.60. The molecule has 3 atom stereocenters. The average Bonchev–Trinajstić information content (AvgIpc) is 3.21. The van der Waals surface area contributed by atoms with Crippen molar-refractivity contribution >= 4 is 15.7 Å². The summed E-state index contributed by atoms with van der Waals surface area (Å²) in [5.41, 5.74) is -0.877. The van der Waals surface area contributed by atoms with Crippen LogP contribution in [-0.2, 0) is 27.4 Å². The summed E-state index contributed by atoms with van der Waals surface area (Å²) in [5.74, 6) is -1.35. The van der Waals surface area contributed by atoms with E-state index in [4.69, 9.17) is 0 Å². The molecule has 0 spiro atoms. The summed E-state index contributed by atoms with van der Waals surface area (Å²) in [7, 11) is -4.21. The third-order valence-corrected chi connectivity index (χ3v) is 7.90. The Morgan fingerprint density at radius 2 is 1.79 bits per heavy atom. The van der Waals surface area contributed by atoms with Crippen LogP contribution in [0.4, 0.5) is 17.6 Å². The smallest absolute Gasteiger partial charge is 0.351 e. The van der Waals surface area contributed by atoms with Crippen LogP contribution < -0.4 is 16.0 Å². The molecule has 2 aromatic rings. The van der Waals surface area contributed by atoms with E-state index in [2.05, 4.69) is 16.0 Å². The van der Waals surface area contributed by atoms with Crippen molar-refractivity contribution in [2.45, 2.75) is 47.4 Å². The zero-order valence-corrected chi connectivity index (χ0v) is 18.3. The summed E-state index contributed by atoms with van der Waals surface area (Å²) >= 11 is 0. The van der Waals surface area contributed by atoms with Gasteiger partial charge in [0.25, 0.3) is 0 Å². The van der Waals surface area contributed by atoms with E-state index < -0.39 is 32.3 Å². The fourth-order valence-electron chi connectivity index (χ4n) is 4.33. The van der Waals surface area contributed by atoms with Crippen molar-refractivity contribution in [3.05, 3.63) is 59.4 Å². The van der Waals surface area contributed by atoms with Crippen molar-refractivity contribution < 1.29 is 30.8 Å². The SMILES string of the molecule is O=C(NCc1ccc(S(=O)(=O)c2ccc(C(F)(F)F)c(F)c2)cc1)C1CC2CNCCC2N1. The Morgan fingerprint density at radius 3 is 2.42 bits per heavy atom. The second-order valence-corrected chi connectivity index (χ2v) is 10.3. The molecule has 2 fully saturated rings. The number of alkyl halides is 3. The average molecular weight is 486 g/mol. The van der Waals surface area contributed by atoms with Gasteiger partial charge in [0.1, 0.15) is 5.82 Å². The molecule has 0 aromatic heterocycles. The van der Waals surface area contributed by atoms with Gasteiger partial charge in [0.2, 0.25) is 15.7 Å².